The average molecular weight is 457 g/mol. The summed E-state index contributed by atoms with van der Waals surface area (Å²) in [6, 6.07) is 20.3. The van der Waals surface area contributed by atoms with E-state index in [0.29, 0.717) is 0 Å². The highest BCUT2D eigenvalue weighted by Crippen LogP contribution is 2.33. The molecule has 4 nitrogen and oxygen atoms in total. The molecule has 0 radical (unpaired) electrons. The van der Waals surface area contributed by atoms with E-state index in [0.717, 1.165) is 43.7 Å². The Kier molecular flexibility index (Phi) is 5.71. The van der Waals surface area contributed by atoms with Gasteiger partial charge >= 0.3 is 0 Å². The van der Waals surface area contributed by atoms with Crippen LogP contribution in [0.15, 0.2) is 60.7 Å². The Balaban J connectivity index is 1.45. The number of para-hydroxylation sites is 2. The van der Waals surface area contributed by atoms with Crippen molar-refractivity contribution in [3.05, 3.63) is 81.8 Å². The molecule has 6 heteroatoms. The zero-order valence-electron chi connectivity index (χ0n) is 17.6. The maximum atomic E-state index is 5.66. The Morgan fingerprint density at radius 3 is 1.47 bits per heavy atom. The number of hydrogen-bond acceptors (Lipinski definition) is 6. The Morgan fingerprint density at radius 1 is 0.625 bits per heavy atom. The van der Waals surface area contributed by atoms with Crippen LogP contribution in [0.4, 0.5) is 0 Å². The topological polar surface area (TPSA) is 44.2 Å². The third-order valence-electron chi connectivity index (χ3n) is 5.01. The molecule has 0 saturated heterocycles. The molecule has 0 spiro atoms. The van der Waals surface area contributed by atoms with Crippen molar-refractivity contribution in [1.29, 1.82) is 0 Å². The Morgan fingerprint density at radius 2 is 1.06 bits per heavy atom. The van der Waals surface area contributed by atoms with Crippen molar-refractivity contribution < 1.29 is 9.47 Å². The van der Waals surface area contributed by atoms with Crippen molar-refractivity contribution in [3.8, 4) is 11.5 Å². The van der Waals surface area contributed by atoms with Crippen molar-refractivity contribution in [2.24, 2.45) is 0 Å². The molecule has 0 atom stereocenters. The molecule has 0 fully saturated rings. The second-order valence-corrected chi connectivity index (χ2v) is 9.17. The van der Waals surface area contributed by atoms with Gasteiger partial charge in [0.1, 0.15) is 21.5 Å². The molecule has 0 N–H and O–H groups in total. The fraction of sp³-hybridized carbons (Fsp3) is 0.0769. The summed E-state index contributed by atoms with van der Waals surface area (Å²) in [7, 11) is 3.36. The van der Waals surface area contributed by atoms with Gasteiger partial charge in [-0.15, -0.1) is 22.7 Å². The number of fused-ring (bicyclic) bond motifs is 2. The molecular formula is C26H20N2O2S2. The minimum absolute atomic E-state index is 0.770. The van der Waals surface area contributed by atoms with Gasteiger partial charge < -0.3 is 9.47 Å². The van der Waals surface area contributed by atoms with E-state index in [2.05, 4.69) is 22.1 Å². The molecule has 0 unspecified atom stereocenters. The van der Waals surface area contributed by atoms with Gasteiger partial charge in [0.05, 0.1) is 34.7 Å². The molecule has 32 heavy (non-hydrogen) atoms. The Labute approximate surface area is 194 Å². The quantitative estimate of drug-likeness (QED) is 0.270. The van der Waals surface area contributed by atoms with Crippen LogP contribution in [0.25, 0.3) is 44.7 Å². The van der Waals surface area contributed by atoms with Crippen LogP contribution in [-0.4, -0.2) is 24.2 Å². The molecule has 0 aliphatic rings. The highest BCUT2D eigenvalue weighted by Gasteiger charge is 2.09. The van der Waals surface area contributed by atoms with Crippen molar-refractivity contribution in [2.75, 3.05) is 14.2 Å². The molecule has 5 aromatic rings. The second-order valence-electron chi connectivity index (χ2n) is 7.04. The van der Waals surface area contributed by atoms with E-state index in [9.17, 15) is 0 Å². The lowest BCUT2D eigenvalue weighted by Crippen LogP contribution is -1.93. The van der Waals surface area contributed by atoms with Gasteiger partial charge in [0, 0.05) is 11.1 Å². The molecule has 0 saturated carbocycles. The third kappa shape index (κ3) is 4.15. The van der Waals surface area contributed by atoms with E-state index in [4.69, 9.17) is 9.47 Å². The van der Waals surface area contributed by atoms with E-state index in [1.165, 1.54) is 9.40 Å². The van der Waals surface area contributed by atoms with Crippen molar-refractivity contribution in [1.82, 2.24) is 9.97 Å². The lowest BCUT2D eigenvalue weighted by molar-refractivity contribution is 0.401. The number of rotatable bonds is 6. The highest BCUT2D eigenvalue weighted by molar-refractivity contribution is 7.19. The summed E-state index contributed by atoms with van der Waals surface area (Å²) in [5.74, 6) is 1.54. The van der Waals surface area contributed by atoms with Gasteiger partial charge in [0.25, 0.3) is 0 Å². The summed E-state index contributed by atoms with van der Waals surface area (Å²) in [5, 5.41) is 1.90. The maximum absolute atomic E-state index is 5.66. The van der Waals surface area contributed by atoms with Crippen LogP contribution in [0.1, 0.15) is 21.1 Å². The summed E-state index contributed by atoms with van der Waals surface area (Å²) in [4.78, 5) is 9.33. The SMILES string of the molecule is COc1cc(/C=C/c2nc3ccccc3s2)c(OC)cc1/C=C/c1nc2ccccc2s1. The van der Waals surface area contributed by atoms with Crippen molar-refractivity contribution >= 4 is 67.4 Å². The van der Waals surface area contributed by atoms with Crippen LogP contribution >= 0.6 is 22.7 Å². The van der Waals surface area contributed by atoms with Crippen LogP contribution in [-0.2, 0) is 0 Å². The third-order valence-corrected chi connectivity index (χ3v) is 7.02. The molecule has 0 aliphatic heterocycles. The number of ether oxygens (including phenoxy) is 2. The summed E-state index contributed by atoms with van der Waals surface area (Å²) < 4.78 is 13.7. The predicted octanol–water partition coefficient (Wildman–Crippen LogP) is 7.26. The van der Waals surface area contributed by atoms with E-state index in [1.807, 2.05) is 72.8 Å². The number of nitrogens with zero attached hydrogens (tertiary/aromatic N) is 2. The first-order chi connectivity index (χ1) is 15.7. The fourth-order valence-corrected chi connectivity index (χ4v) is 5.19. The summed E-state index contributed by atoms with van der Waals surface area (Å²) in [6.07, 6.45) is 8.05. The average Bonchev–Trinajstić information content (AvgIpc) is 3.44. The van der Waals surface area contributed by atoms with Gasteiger partial charge in [-0.05, 0) is 60.7 Å². The molecular weight excluding hydrogens is 436 g/mol. The van der Waals surface area contributed by atoms with E-state index >= 15 is 0 Å². The molecule has 3 aromatic carbocycles. The van der Waals surface area contributed by atoms with Crippen LogP contribution in [0.5, 0.6) is 11.5 Å². The van der Waals surface area contributed by atoms with Crippen LogP contribution < -0.4 is 9.47 Å². The molecule has 0 amide bonds. The number of aromatic nitrogens is 2. The van der Waals surface area contributed by atoms with Crippen LogP contribution in [0.3, 0.4) is 0 Å². The molecule has 158 valence electrons. The first-order valence-electron chi connectivity index (χ1n) is 10.1. The standard InChI is InChI=1S/C26H20N2O2S2/c1-29-21-15-18(12-14-26-28-20-8-4-6-10-24(20)32-26)22(30-2)16-17(21)11-13-25-27-19-7-3-5-9-23(19)31-25/h3-16H,1-2H3/b13-11+,14-12+. The molecule has 2 aromatic heterocycles. The van der Waals surface area contributed by atoms with Crippen molar-refractivity contribution in [3.63, 3.8) is 0 Å². The summed E-state index contributed by atoms with van der Waals surface area (Å²) in [5.41, 5.74) is 3.88. The zero-order valence-corrected chi connectivity index (χ0v) is 19.2. The monoisotopic (exact) mass is 456 g/mol. The van der Waals surface area contributed by atoms with Crippen molar-refractivity contribution in [2.45, 2.75) is 0 Å². The Hall–Kier alpha value is -3.48. The van der Waals surface area contributed by atoms with Gasteiger partial charge in [-0.2, -0.15) is 0 Å². The second kappa shape index (κ2) is 8.94. The Bertz CT molecular complexity index is 1290. The van der Waals surface area contributed by atoms with Gasteiger partial charge in [0.15, 0.2) is 0 Å². The number of thiazole rings is 2. The first kappa shape index (κ1) is 20.4. The molecule has 0 aliphatic carbocycles. The first-order valence-corrected chi connectivity index (χ1v) is 11.7. The maximum Gasteiger partial charge on any atom is 0.126 e. The van der Waals surface area contributed by atoms with Crippen LogP contribution in [0.2, 0.25) is 0 Å². The zero-order chi connectivity index (χ0) is 21.9. The number of hydrogen-bond donors (Lipinski definition) is 0. The number of benzene rings is 3. The van der Waals surface area contributed by atoms with E-state index < -0.39 is 0 Å². The largest absolute Gasteiger partial charge is 0.496 e. The minimum Gasteiger partial charge on any atom is -0.496 e. The molecule has 2 heterocycles. The smallest absolute Gasteiger partial charge is 0.126 e. The van der Waals surface area contributed by atoms with Gasteiger partial charge in [-0.1, -0.05) is 24.3 Å². The van der Waals surface area contributed by atoms with Crippen LogP contribution in [0, 0.1) is 0 Å². The van der Waals surface area contributed by atoms with Gasteiger partial charge in [-0.25, -0.2) is 9.97 Å². The minimum atomic E-state index is 0.770. The highest BCUT2D eigenvalue weighted by atomic mass is 32.1. The number of methoxy groups -OCH3 is 2. The van der Waals surface area contributed by atoms with E-state index in [1.54, 1.807) is 36.9 Å². The normalized spacial score (nSPS) is 11.8. The lowest BCUT2D eigenvalue weighted by atomic mass is 10.1. The summed E-state index contributed by atoms with van der Waals surface area (Å²) in [6.45, 7) is 0. The predicted molar refractivity (Wildman–Crippen MR) is 137 cm³/mol. The molecule has 0 bridgehead atoms. The van der Waals surface area contributed by atoms with Gasteiger partial charge in [-0.3, -0.25) is 0 Å². The van der Waals surface area contributed by atoms with Gasteiger partial charge in [0.2, 0.25) is 0 Å². The lowest BCUT2D eigenvalue weighted by Gasteiger charge is -2.11. The molecule has 5 rings (SSSR count). The van der Waals surface area contributed by atoms with E-state index in [-0.39, 0.29) is 0 Å². The fourth-order valence-electron chi connectivity index (χ4n) is 3.45. The summed E-state index contributed by atoms with van der Waals surface area (Å²) >= 11 is 3.33.